The van der Waals surface area contributed by atoms with Crippen molar-refractivity contribution in [2.45, 2.75) is 101 Å². The molecule has 0 bridgehead atoms. The Hall–Kier alpha value is -11.5. The van der Waals surface area contributed by atoms with Crippen LogP contribution in [0.15, 0.2) is 146 Å². The van der Waals surface area contributed by atoms with Crippen LogP contribution in [0.3, 0.4) is 0 Å². The maximum Gasteiger partial charge on any atom is 0.254 e. The molecule has 0 unspecified atom stereocenters. The fourth-order valence-electron chi connectivity index (χ4n) is 17.0. The number of hydrogen-bond acceptors (Lipinski definition) is 20. The minimum atomic E-state index is -0.436. The van der Waals surface area contributed by atoms with E-state index in [1.807, 2.05) is 96.0 Å². The molecule has 12 aromatic rings. The average molecular weight is 1590 g/mol. The number of benzene rings is 3. The smallest absolute Gasteiger partial charge is 0.254 e. The van der Waals surface area contributed by atoms with E-state index in [9.17, 15) is 27.6 Å². The van der Waals surface area contributed by atoms with E-state index >= 15 is 0 Å². The molecule has 0 radical (unpaired) electrons. The summed E-state index contributed by atoms with van der Waals surface area (Å²) in [6.07, 6.45) is 14.4. The summed E-state index contributed by atoms with van der Waals surface area (Å²) < 4.78 is 75.3. The van der Waals surface area contributed by atoms with Gasteiger partial charge in [0, 0.05) is 163 Å². The first-order valence-electron chi connectivity index (χ1n) is 39.3. The van der Waals surface area contributed by atoms with E-state index < -0.39 is 5.60 Å². The van der Waals surface area contributed by atoms with Gasteiger partial charge in [0.2, 0.25) is 0 Å². The largest absolute Gasteiger partial charge is 0.384 e. The lowest BCUT2D eigenvalue weighted by molar-refractivity contribution is -0.0956. The zero-order valence-electron chi connectivity index (χ0n) is 67.2. The molecule has 26 nitrogen and oxygen atoms in total. The standard InChI is InChI=1S/C30H33FN6O3.C29H31FN6O3.C29H31FN6O2/c1-36(2)17-24-22(30(18-39-3)9-12-40-13-10-30)5-7-26(35-24)34-23-6-4-20(21-15-33-29(38)28(21)23)25-16-32-27-14-19(31)8-11-37(25)27;1-35(2)17-23-21(29(38-3)9-12-39-13-10-29)5-7-25(34-23)33-22-6-4-19(20-15-32-28(37)27(20)22)24-16-31-26-14-18(30)8-11-36(24)26;1-29(2,35(3)4)27-19(17-10-12-38-16-17)6-8-24(34-27)33-22-7-5-20(21-14-32-28(37)26(21)22)23-15-31-25-13-18(30)9-11-36(23)25/h4-8,11,14,16H,9-10,12-13,15,17-18H2,1-3H3,(H,33,38)(H,34,35);4-8,11,14,16H,9-10,12-13,15,17H2,1-3H3,(H,32,37)(H,33,34);5-9,11,13,15,17H,10,12,14,16H2,1-4H3,(H,32,37)(H,33,34)/t;;17-/m..0/s1. The van der Waals surface area contributed by atoms with E-state index in [-0.39, 0.29) is 46.1 Å². The van der Waals surface area contributed by atoms with E-state index in [0.717, 1.165) is 112 Å². The van der Waals surface area contributed by atoms with Crippen LogP contribution in [-0.2, 0) is 73.0 Å². The second-order valence-electron chi connectivity index (χ2n) is 31.8. The Balaban J connectivity index is 0.000000131. The second-order valence-corrected chi connectivity index (χ2v) is 31.8. The van der Waals surface area contributed by atoms with Crippen LogP contribution >= 0.6 is 0 Å². The lowest BCUT2D eigenvalue weighted by atomic mass is 9.74. The predicted octanol–water partition coefficient (Wildman–Crippen LogP) is 13.3. The lowest BCUT2D eigenvalue weighted by Gasteiger charge is -2.38. The third-order valence-corrected chi connectivity index (χ3v) is 23.4. The number of nitrogens with zero attached hydrogens (tertiary/aromatic N) is 12. The Bertz CT molecular complexity index is 5800. The Morgan fingerprint density at radius 3 is 1.32 bits per heavy atom. The number of carbonyl (C=O) groups is 3. The van der Waals surface area contributed by atoms with Crippen molar-refractivity contribution in [3.63, 3.8) is 0 Å². The van der Waals surface area contributed by atoms with Gasteiger partial charge >= 0.3 is 0 Å². The molecule has 15 heterocycles. The van der Waals surface area contributed by atoms with Gasteiger partial charge in [0.15, 0.2) is 0 Å². The number of carbonyl (C=O) groups excluding carboxylic acids is 3. The molecule has 0 saturated carbocycles. The number of imidazole rings is 3. The highest BCUT2D eigenvalue weighted by Crippen LogP contribution is 2.45. The number of anilines is 6. The van der Waals surface area contributed by atoms with Gasteiger partial charge in [-0.15, -0.1) is 0 Å². The summed E-state index contributed by atoms with van der Waals surface area (Å²) in [6, 6.07) is 32.2. The molecule has 29 heteroatoms. The molecule has 3 amide bonds. The molecule has 1 atom stereocenters. The van der Waals surface area contributed by atoms with Gasteiger partial charge in [-0.1, -0.05) is 36.4 Å². The molecule has 9 aromatic heterocycles. The third kappa shape index (κ3) is 15.6. The molecule has 6 aliphatic rings. The van der Waals surface area contributed by atoms with Crippen LogP contribution in [0.25, 0.3) is 50.7 Å². The van der Waals surface area contributed by atoms with Gasteiger partial charge in [0.25, 0.3) is 17.7 Å². The third-order valence-electron chi connectivity index (χ3n) is 23.4. The molecule has 6 N–H and O–H groups in total. The summed E-state index contributed by atoms with van der Waals surface area (Å²) in [4.78, 5) is 73.5. The number of ether oxygens (including phenoxy) is 5. The Kier molecular flexibility index (Phi) is 22.3. The van der Waals surface area contributed by atoms with Crippen molar-refractivity contribution in [1.29, 1.82) is 0 Å². The summed E-state index contributed by atoms with van der Waals surface area (Å²) in [5.41, 5.74) is 18.4. The SMILES string of the molecule is CN(C)C(C)(C)c1nc(Nc2ccc(-c3cnc4cc(F)ccn34)c3c2C(=O)NC3)ccc1[C@H]1CCOC1.COC1(c2ccc(Nc3ccc(-c4cnc5cc(F)ccn45)c4c3C(=O)NC4)nc2CN(C)C)CCOCC1.COCC1(c2ccc(Nc3ccc(-c4cnc5cc(F)ccn45)c4c3C(=O)NC4)nc2CN(C)C)CCOCC1. The molecule has 0 aliphatic carbocycles. The summed E-state index contributed by atoms with van der Waals surface area (Å²) >= 11 is 0. The molecule has 606 valence electrons. The van der Waals surface area contributed by atoms with E-state index in [2.05, 4.69) is 108 Å². The number of aromatic nitrogens is 9. The summed E-state index contributed by atoms with van der Waals surface area (Å²) in [6.45, 7) is 11.6. The highest BCUT2D eigenvalue weighted by molar-refractivity contribution is 6.08. The van der Waals surface area contributed by atoms with Crippen LogP contribution in [0.2, 0.25) is 0 Å². The van der Waals surface area contributed by atoms with Gasteiger partial charge in [-0.2, -0.15) is 0 Å². The number of hydrogen-bond donors (Lipinski definition) is 6. The quantitative estimate of drug-likeness (QED) is 0.0390. The number of rotatable bonds is 21. The van der Waals surface area contributed by atoms with Crippen LogP contribution in [0.5, 0.6) is 0 Å². The fourth-order valence-corrected chi connectivity index (χ4v) is 17.0. The minimum absolute atomic E-state index is 0.141. The number of methoxy groups -OCH3 is 2. The first kappa shape index (κ1) is 79.3. The molecule has 0 spiro atoms. The first-order chi connectivity index (χ1) is 56.5. The topological polar surface area (TPSA) is 270 Å². The zero-order valence-corrected chi connectivity index (χ0v) is 67.2. The van der Waals surface area contributed by atoms with Crippen LogP contribution in [0.1, 0.15) is 133 Å². The molecular weight excluding hydrogens is 1490 g/mol. The normalized spacial score (nSPS) is 16.7. The van der Waals surface area contributed by atoms with Gasteiger partial charge in [-0.25, -0.2) is 43.1 Å². The van der Waals surface area contributed by atoms with Gasteiger partial charge < -0.3 is 65.4 Å². The van der Waals surface area contributed by atoms with Crippen molar-refractivity contribution >= 4 is 69.2 Å². The van der Waals surface area contributed by atoms with Crippen LogP contribution < -0.4 is 31.9 Å². The van der Waals surface area contributed by atoms with Crippen molar-refractivity contribution in [1.82, 2.24) is 73.8 Å². The molecule has 18 rings (SSSR count). The molecular formula is C88H95F3N18O8. The highest BCUT2D eigenvalue weighted by Gasteiger charge is 2.41. The van der Waals surface area contributed by atoms with Gasteiger partial charge in [-0.05, 0) is 158 Å². The lowest BCUT2D eigenvalue weighted by Crippen LogP contribution is -2.39. The van der Waals surface area contributed by atoms with Crippen LogP contribution in [0.4, 0.5) is 47.7 Å². The van der Waals surface area contributed by atoms with Crippen molar-refractivity contribution in [2.24, 2.45) is 0 Å². The Labute approximate surface area is 675 Å². The summed E-state index contributed by atoms with van der Waals surface area (Å²) in [5.74, 6) is 0.839. The number of amides is 3. The first-order valence-corrected chi connectivity index (χ1v) is 39.3. The highest BCUT2D eigenvalue weighted by atomic mass is 19.1. The van der Waals surface area contributed by atoms with Gasteiger partial charge in [0.05, 0.1) is 111 Å². The Morgan fingerprint density at radius 1 is 0.513 bits per heavy atom. The maximum atomic E-state index is 13.7. The number of halogens is 3. The minimum Gasteiger partial charge on any atom is -0.384 e. The van der Waals surface area contributed by atoms with Crippen molar-refractivity contribution in [3.05, 3.63) is 231 Å². The summed E-state index contributed by atoms with van der Waals surface area (Å²) in [5, 5.41) is 19.1. The van der Waals surface area contributed by atoms with E-state index in [1.165, 1.54) is 47.5 Å². The predicted molar refractivity (Wildman–Crippen MR) is 440 cm³/mol. The number of fused-ring (bicyclic) bond motifs is 6. The van der Waals surface area contributed by atoms with Crippen molar-refractivity contribution in [3.8, 4) is 33.8 Å². The Morgan fingerprint density at radius 2 is 0.923 bits per heavy atom. The molecule has 3 fully saturated rings. The zero-order chi connectivity index (χ0) is 81.6. The fraction of sp³-hybridized carbons (Fsp3) is 0.352. The van der Waals surface area contributed by atoms with Gasteiger partial charge in [-0.3, -0.25) is 32.5 Å². The van der Waals surface area contributed by atoms with Crippen molar-refractivity contribution < 1.29 is 51.2 Å². The van der Waals surface area contributed by atoms with E-state index in [0.29, 0.717) is 146 Å². The molecule has 6 aliphatic heterocycles. The second kappa shape index (κ2) is 32.9. The van der Waals surface area contributed by atoms with E-state index in [4.69, 9.17) is 38.6 Å². The average Bonchev–Trinajstić information content (AvgIpc) is 1.62. The monoisotopic (exact) mass is 1590 g/mol. The molecule has 3 aromatic carbocycles. The summed E-state index contributed by atoms with van der Waals surface area (Å²) in [7, 11) is 15.7. The maximum absolute atomic E-state index is 13.7. The van der Waals surface area contributed by atoms with E-state index in [1.54, 1.807) is 51.4 Å². The molecule has 3 saturated heterocycles. The van der Waals surface area contributed by atoms with Gasteiger partial charge in [0.1, 0.15) is 51.8 Å². The van der Waals surface area contributed by atoms with Crippen molar-refractivity contribution in [2.75, 3.05) is 119 Å². The van der Waals surface area contributed by atoms with Crippen LogP contribution in [-0.4, -0.2) is 178 Å². The van der Waals surface area contributed by atoms with Crippen LogP contribution in [0, 0.1) is 17.5 Å². The molecule has 117 heavy (non-hydrogen) atoms. The number of nitrogens with one attached hydrogen (secondary N) is 6. The number of pyridine rings is 6.